The van der Waals surface area contributed by atoms with Crippen molar-refractivity contribution in [2.45, 2.75) is 0 Å². The molecule has 0 aliphatic carbocycles. The van der Waals surface area contributed by atoms with Gasteiger partial charge in [0.15, 0.2) is 0 Å². The van der Waals surface area contributed by atoms with Crippen molar-refractivity contribution < 1.29 is 0 Å². The molecule has 246 valence electrons. The number of hydrogen-bond donors (Lipinski definition) is 0. The molecule has 0 fully saturated rings. The van der Waals surface area contributed by atoms with Gasteiger partial charge in [0.2, 0.25) is 0 Å². The molecule has 0 aliphatic rings. The standard InChI is InChI=1S/C52H33N/c1-2-15-35(16-3-1)46-33-47(38-27-26-34-14-4-5-17-37(34)32-38)50(52-45-23-9-7-19-41(45)40-18-6-8-22-44(40)51(46)52)36-28-30-39(31-29-36)53-48-24-12-10-20-42(48)43-21-11-13-25-49(43)53/h1-33H. The highest BCUT2D eigenvalue weighted by Gasteiger charge is 2.22. The van der Waals surface area contributed by atoms with E-state index in [1.54, 1.807) is 0 Å². The van der Waals surface area contributed by atoms with Crippen LogP contribution in [0.25, 0.3) is 104 Å². The highest BCUT2D eigenvalue weighted by Crippen LogP contribution is 2.49. The maximum atomic E-state index is 2.46. The maximum absolute atomic E-state index is 2.46. The molecule has 1 heterocycles. The Hall–Kier alpha value is -6.96. The first kappa shape index (κ1) is 29.7. The minimum absolute atomic E-state index is 1.15. The van der Waals surface area contributed by atoms with Crippen molar-refractivity contribution in [2.75, 3.05) is 0 Å². The summed E-state index contributed by atoms with van der Waals surface area (Å²) in [5.41, 5.74) is 10.9. The van der Waals surface area contributed by atoms with E-state index >= 15 is 0 Å². The zero-order valence-corrected chi connectivity index (χ0v) is 29.0. The topological polar surface area (TPSA) is 4.93 Å². The van der Waals surface area contributed by atoms with Crippen molar-refractivity contribution in [3.8, 4) is 39.1 Å². The summed E-state index contributed by atoms with van der Waals surface area (Å²) in [4.78, 5) is 0. The normalized spacial score (nSPS) is 11.8. The van der Waals surface area contributed by atoms with Gasteiger partial charge in [0.05, 0.1) is 11.0 Å². The largest absolute Gasteiger partial charge is 0.309 e. The quantitative estimate of drug-likeness (QED) is 0.164. The summed E-state index contributed by atoms with van der Waals surface area (Å²) < 4.78 is 2.40. The Morgan fingerprint density at radius 3 is 1.45 bits per heavy atom. The van der Waals surface area contributed by atoms with Crippen LogP contribution in [0.1, 0.15) is 0 Å². The van der Waals surface area contributed by atoms with E-state index in [9.17, 15) is 0 Å². The molecule has 53 heavy (non-hydrogen) atoms. The predicted molar refractivity (Wildman–Crippen MR) is 227 cm³/mol. The summed E-state index contributed by atoms with van der Waals surface area (Å²) in [6.45, 7) is 0. The van der Waals surface area contributed by atoms with Gasteiger partial charge in [-0.25, -0.2) is 0 Å². The Bertz CT molecular complexity index is 3150. The summed E-state index contributed by atoms with van der Waals surface area (Å²) in [6.07, 6.45) is 0. The van der Waals surface area contributed by atoms with E-state index in [4.69, 9.17) is 0 Å². The fraction of sp³-hybridized carbons (Fsp3) is 0. The van der Waals surface area contributed by atoms with E-state index in [1.807, 2.05) is 0 Å². The molecule has 0 spiro atoms. The lowest BCUT2D eigenvalue weighted by atomic mass is 9.81. The van der Waals surface area contributed by atoms with Crippen LogP contribution in [0.4, 0.5) is 0 Å². The lowest BCUT2D eigenvalue weighted by molar-refractivity contribution is 1.18. The highest BCUT2D eigenvalue weighted by atomic mass is 15.0. The first-order valence-corrected chi connectivity index (χ1v) is 18.4. The molecule has 10 aromatic carbocycles. The van der Waals surface area contributed by atoms with Crippen molar-refractivity contribution in [1.82, 2.24) is 4.57 Å². The van der Waals surface area contributed by atoms with Crippen LogP contribution in [0, 0.1) is 0 Å². The van der Waals surface area contributed by atoms with Crippen molar-refractivity contribution in [2.24, 2.45) is 0 Å². The van der Waals surface area contributed by atoms with Crippen LogP contribution < -0.4 is 0 Å². The number of benzene rings is 10. The van der Waals surface area contributed by atoms with Crippen LogP contribution in [0.2, 0.25) is 0 Å². The van der Waals surface area contributed by atoms with Gasteiger partial charge >= 0.3 is 0 Å². The number of nitrogens with zero attached hydrogens (tertiary/aromatic N) is 1. The minimum Gasteiger partial charge on any atom is -0.309 e. The maximum Gasteiger partial charge on any atom is 0.0541 e. The van der Waals surface area contributed by atoms with E-state index in [0.717, 1.165) is 5.69 Å². The van der Waals surface area contributed by atoms with E-state index in [0.29, 0.717) is 0 Å². The van der Waals surface area contributed by atoms with Gasteiger partial charge in [-0.2, -0.15) is 0 Å². The van der Waals surface area contributed by atoms with Crippen molar-refractivity contribution in [3.63, 3.8) is 0 Å². The third kappa shape index (κ3) is 4.58. The summed E-state index contributed by atoms with van der Waals surface area (Å²) in [6, 6.07) is 73.6. The van der Waals surface area contributed by atoms with Gasteiger partial charge in [0.25, 0.3) is 0 Å². The van der Waals surface area contributed by atoms with E-state index in [1.165, 1.54) is 98.3 Å². The first-order valence-electron chi connectivity index (χ1n) is 18.4. The average Bonchev–Trinajstić information content (AvgIpc) is 3.58. The van der Waals surface area contributed by atoms with Crippen LogP contribution >= 0.6 is 0 Å². The average molecular weight is 672 g/mol. The monoisotopic (exact) mass is 671 g/mol. The number of para-hydroxylation sites is 2. The van der Waals surface area contributed by atoms with Gasteiger partial charge in [-0.15, -0.1) is 0 Å². The third-order valence-corrected chi connectivity index (χ3v) is 11.1. The summed E-state index contributed by atoms with van der Waals surface area (Å²) in [7, 11) is 0. The van der Waals surface area contributed by atoms with Gasteiger partial charge in [-0.05, 0) is 113 Å². The van der Waals surface area contributed by atoms with Gasteiger partial charge in [-0.3, -0.25) is 0 Å². The molecule has 1 nitrogen and oxygen atoms in total. The van der Waals surface area contributed by atoms with Crippen LogP contribution in [-0.4, -0.2) is 4.57 Å². The van der Waals surface area contributed by atoms with Crippen LogP contribution in [0.5, 0.6) is 0 Å². The SMILES string of the molecule is c1ccc(-c2cc(-c3ccc4ccccc4c3)c(-c3ccc(-n4c5ccccc5c5ccccc54)cc3)c3c4ccccc4c4ccccc4c23)cc1. The van der Waals surface area contributed by atoms with E-state index in [2.05, 4.69) is 205 Å². The molecule has 1 aromatic heterocycles. The smallest absolute Gasteiger partial charge is 0.0541 e. The number of aromatic nitrogens is 1. The fourth-order valence-corrected chi connectivity index (χ4v) is 8.81. The molecular weight excluding hydrogens is 639 g/mol. The molecule has 1 heteroatoms. The van der Waals surface area contributed by atoms with Crippen molar-refractivity contribution in [3.05, 3.63) is 200 Å². The molecule has 0 bridgehead atoms. The molecular formula is C52H33N. The minimum atomic E-state index is 1.15. The molecule has 0 atom stereocenters. The molecule has 0 saturated heterocycles. The number of hydrogen-bond acceptors (Lipinski definition) is 0. The number of rotatable bonds is 4. The van der Waals surface area contributed by atoms with Gasteiger partial charge in [0.1, 0.15) is 0 Å². The first-order chi connectivity index (χ1) is 26.3. The zero-order valence-electron chi connectivity index (χ0n) is 29.0. The van der Waals surface area contributed by atoms with Gasteiger partial charge in [-0.1, -0.05) is 164 Å². The number of fused-ring (bicyclic) bond motifs is 10. The molecule has 0 N–H and O–H groups in total. The summed E-state index contributed by atoms with van der Waals surface area (Å²) >= 11 is 0. The second kappa shape index (κ2) is 11.8. The molecule has 0 unspecified atom stereocenters. The van der Waals surface area contributed by atoms with Crippen LogP contribution in [0.3, 0.4) is 0 Å². The van der Waals surface area contributed by atoms with Crippen molar-refractivity contribution >= 4 is 64.9 Å². The fourth-order valence-electron chi connectivity index (χ4n) is 8.81. The summed E-state index contributed by atoms with van der Waals surface area (Å²) in [5.74, 6) is 0. The highest BCUT2D eigenvalue weighted by molar-refractivity contribution is 6.33. The Morgan fingerprint density at radius 1 is 0.283 bits per heavy atom. The van der Waals surface area contributed by atoms with E-state index in [-0.39, 0.29) is 0 Å². The Labute approximate surface area is 307 Å². The molecule has 11 rings (SSSR count). The second-order valence-corrected chi connectivity index (χ2v) is 14.0. The second-order valence-electron chi connectivity index (χ2n) is 14.0. The Kier molecular flexibility index (Phi) is 6.62. The molecule has 0 amide bonds. The molecule has 0 radical (unpaired) electrons. The molecule has 0 saturated carbocycles. The Balaban J connectivity index is 1.28. The van der Waals surface area contributed by atoms with Crippen molar-refractivity contribution in [1.29, 1.82) is 0 Å². The van der Waals surface area contributed by atoms with E-state index < -0.39 is 0 Å². The molecule has 11 aromatic rings. The lowest BCUT2D eigenvalue weighted by Crippen LogP contribution is -1.96. The Morgan fingerprint density at radius 2 is 0.792 bits per heavy atom. The van der Waals surface area contributed by atoms with Crippen LogP contribution in [-0.2, 0) is 0 Å². The molecule has 0 aliphatic heterocycles. The lowest BCUT2D eigenvalue weighted by Gasteiger charge is -2.22. The summed E-state index contributed by atoms with van der Waals surface area (Å²) in [5, 5.41) is 12.7. The van der Waals surface area contributed by atoms with Crippen LogP contribution in [0.15, 0.2) is 200 Å². The third-order valence-electron chi connectivity index (χ3n) is 11.1. The predicted octanol–water partition coefficient (Wildman–Crippen LogP) is 14.4. The van der Waals surface area contributed by atoms with Gasteiger partial charge in [0, 0.05) is 16.5 Å². The van der Waals surface area contributed by atoms with Gasteiger partial charge < -0.3 is 4.57 Å². The zero-order chi connectivity index (χ0) is 34.9.